The van der Waals surface area contributed by atoms with Crippen LogP contribution in [0.5, 0.6) is 0 Å². The van der Waals surface area contributed by atoms with Gasteiger partial charge < -0.3 is 9.30 Å². The lowest BCUT2D eigenvalue weighted by molar-refractivity contribution is -0.0385. The summed E-state index contributed by atoms with van der Waals surface area (Å²) in [6.07, 6.45) is 1.81. The first-order chi connectivity index (χ1) is 9.76. The number of hydrogen-bond donors (Lipinski definition) is 0. The number of morpholine rings is 1. The van der Waals surface area contributed by atoms with E-state index in [9.17, 15) is 0 Å². The fourth-order valence-corrected chi connectivity index (χ4v) is 3.48. The average molecular weight is 292 g/mol. The van der Waals surface area contributed by atoms with Gasteiger partial charge in [0.15, 0.2) is 5.82 Å². The smallest absolute Gasteiger partial charge is 0.163 e. The van der Waals surface area contributed by atoms with Crippen LogP contribution in [0.4, 0.5) is 0 Å². The van der Waals surface area contributed by atoms with Gasteiger partial charge in [0, 0.05) is 35.9 Å². The van der Waals surface area contributed by atoms with Gasteiger partial charge in [-0.05, 0) is 26.0 Å². The maximum atomic E-state index is 5.88. The van der Waals surface area contributed by atoms with Crippen molar-refractivity contribution in [2.24, 2.45) is 0 Å². The molecule has 2 aromatic rings. The zero-order valence-electron chi connectivity index (χ0n) is 12.0. The Morgan fingerprint density at radius 3 is 3.10 bits per heavy atom. The second kappa shape index (κ2) is 6.03. The first-order valence-corrected chi connectivity index (χ1v) is 7.85. The maximum absolute atomic E-state index is 5.88. The van der Waals surface area contributed by atoms with E-state index in [4.69, 9.17) is 4.74 Å². The van der Waals surface area contributed by atoms with Crippen molar-refractivity contribution in [2.45, 2.75) is 33.0 Å². The predicted octanol–water partition coefficient (Wildman–Crippen LogP) is 2.24. The van der Waals surface area contributed by atoms with Crippen LogP contribution < -0.4 is 0 Å². The minimum absolute atomic E-state index is 0.0345. The molecule has 0 saturated carbocycles. The maximum Gasteiger partial charge on any atom is 0.163 e. The Kier molecular flexibility index (Phi) is 4.14. The highest BCUT2D eigenvalue weighted by molar-refractivity contribution is 7.11. The average Bonchev–Trinajstić information content (AvgIpc) is 3.08. The monoisotopic (exact) mass is 292 g/mol. The van der Waals surface area contributed by atoms with Crippen LogP contribution >= 0.6 is 11.3 Å². The fraction of sp³-hybridized carbons (Fsp3) is 0.571. The van der Waals surface area contributed by atoms with Gasteiger partial charge >= 0.3 is 0 Å². The van der Waals surface area contributed by atoms with Crippen molar-refractivity contribution in [3.05, 3.63) is 34.0 Å². The van der Waals surface area contributed by atoms with Crippen molar-refractivity contribution in [2.75, 3.05) is 19.7 Å². The molecule has 0 radical (unpaired) electrons. The number of rotatable bonds is 4. The van der Waals surface area contributed by atoms with Gasteiger partial charge in [0.25, 0.3) is 0 Å². The van der Waals surface area contributed by atoms with E-state index >= 15 is 0 Å². The van der Waals surface area contributed by atoms with Crippen LogP contribution in [0, 0.1) is 6.92 Å². The minimum Gasteiger partial charge on any atom is -0.368 e. The van der Waals surface area contributed by atoms with Crippen molar-refractivity contribution < 1.29 is 4.74 Å². The molecule has 3 heterocycles. The van der Waals surface area contributed by atoms with Gasteiger partial charge in [-0.25, -0.2) is 0 Å². The van der Waals surface area contributed by atoms with E-state index in [-0.39, 0.29) is 6.10 Å². The molecule has 108 valence electrons. The minimum atomic E-state index is 0.0345. The Hall–Kier alpha value is -1.24. The van der Waals surface area contributed by atoms with Crippen LogP contribution in [0.15, 0.2) is 18.5 Å². The Balaban J connectivity index is 1.67. The number of thiophene rings is 1. The molecule has 0 amide bonds. The van der Waals surface area contributed by atoms with E-state index in [0.29, 0.717) is 0 Å². The summed E-state index contributed by atoms with van der Waals surface area (Å²) in [5, 5.41) is 8.22. The molecule has 5 nitrogen and oxygen atoms in total. The predicted molar refractivity (Wildman–Crippen MR) is 78.7 cm³/mol. The van der Waals surface area contributed by atoms with Crippen molar-refractivity contribution >= 4 is 11.3 Å². The summed E-state index contributed by atoms with van der Waals surface area (Å²) in [6, 6.07) is 4.41. The quantitative estimate of drug-likeness (QED) is 0.867. The standard InChI is InChI=1S/C14H20N4OS/c1-3-18-10-15-16-14(18)13-9-17(6-7-19-13)8-12-5-4-11(2)20-12/h4-5,10,13H,3,6-9H2,1-2H3. The molecule has 1 unspecified atom stereocenters. The highest BCUT2D eigenvalue weighted by Crippen LogP contribution is 2.23. The van der Waals surface area contributed by atoms with E-state index in [0.717, 1.165) is 38.6 Å². The van der Waals surface area contributed by atoms with Crippen molar-refractivity contribution in [3.63, 3.8) is 0 Å². The third-order valence-corrected chi connectivity index (χ3v) is 4.59. The summed E-state index contributed by atoms with van der Waals surface area (Å²) in [5.41, 5.74) is 0. The SMILES string of the molecule is CCn1cnnc1C1CN(Cc2ccc(C)s2)CCO1. The molecule has 20 heavy (non-hydrogen) atoms. The van der Waals surface area contributed by atoms with Gasteiger partial charge in [-0.1, -0.05) is 0 Å². The Morgan fingerprint density at radius 1 is 1.45 bits per heavy atom. The molecule has 1 saturated heterocycles. The van der Waals surface area contributed by atoms with Crippen molar-refractivity contribution in [1.82, 2.24) is 19.7 Å². The largest absolute Gasteiger partial charge is 0.368 e. The van der Waals surface area contributed by atoms with E-state index in [1.54, 1.807) is 6.33 Å². The lowest BCUT2D eigenvalue weighted by Gasteiger charge is -2.32. The third-order valence-electron chi connectivity index (χ3n) is 3.60. The molecular formula is C14H20N4OS. The van der Waals surface area contributed by atoms with Crippen molar-refractivity contribution in [1.29, 1.82) is 0 Å². The van der Waals surface area contributed by atoms with Crippen LogP contribution in [0.1, 0.15) is 28.6 Å². The second-order valence-electron chi connectivity index (χ2n) is 5.08. The molecule has 2 aromatic heterocycles. The summed E-state index contributed by atoms with van der Waals surface area (Å²) < 4.78 is 7.94. The highest BCUT2D eigenvalue weighted by Gasteiger charge is 2.26. The van der Waals surface area contributed by atoms with E-state index < -0.39 is 0 Å². The topological polar surface area (TPSA) is 43.2 Å². The number of aryl methyl sites for hydroxylation is 2. The molecule has 1 atom stereocenters. The van der Waals surface area contributed by atoms with Crippen molar-refractivity contribution in [3.8, 4) is 0 Å². The van der Waals surface area contributed by atoms with Crippen LogP contribution in [-0.2, 0) is 17.8 Å². The first-order valence-electron chi connectivity index (χ1n) is 7.03. The van der Waals surface area contributed by atoms with E-state index in [1.165, 1.54) is 9.75 Å². The molecule has 1 aliphatic rings. The van der Waals surface area contributed by atoms with Gasteiger partial charge in [-0.2, -0.15) is 0 Å². The Morgan fingerprint density at radius 2 is 2.35 bits per heavy atom. The molecule has 1 fully saturated rings. The Bertz CT molecular complexity index is 565. The molecule has 1 aliphatic heterocycles. The highest BCUT2D eigenvalue weighted by atomic mass is 32.1. The first kappa shape index (κ1) is 13.7. The summed E-state index contributed by atoms with van der Waals surface area (Å²) >= 11 is 1.87. The molecule has 6 heteroatoms. The summed E-state index contributed by atoms with van der Waals surface area (Å²) in [5.74, 6) is 0.944. The number of hydrogen-bond acceptors (Lipinski definition) is 5. The molecule has 3 rings (SSSR count). The third kappa shape index (κ3) is 2.92. The summed E-state index contributed by atoms with van der Waals surface area (Å²) in [7, 11) is 0. The fourth-order valence-electron chi connectivity index (χ4n) is 2.55. The molecule has 0 spiro atoms. The normalized spacial score (nSPS) is 20.4. The van der Waals surface area contributed by atoms with Gasteiger partial charge in [-0.3, -0.25) is 4.90 Å². The van der Waals surface area contributed by atoms with Gasteiger partial charge in [0.05, 0.1) is 6.61 Å². The lowest BCUT2D eigenvalue weighted by atomic mass is 10.2. The Labute approximate surface area is 123 Å². The van der Waals surface area contributed by atoms with Gasteiger partial charge in [0.1, 0.15) is 12.4 Å². The number of aromatic nitrogens is 3. The van der Waals surface area contributed by atoms with Crippen LogP contribution in [-0.4, -0.2) is 39.4 Å². The van der Waals surface area contributed by atoms with Crippen LogP contribution in [0.2, 0.25) is 0 Å². The van der Waals surface area contributed by atoms with Gasteiger partial charge in [-0.15, -0.1) is 21.5 Å². The lowest BCUT2D eigenvalue weighted by Crippen LogP contribution is -2.38. The zero-order valence-corrected chi connectivity index (χ0v) is 12.8. The molecule has 0 aliphatic carbocycles. The molecule has 0 N–H and O–H groups in total. The van der Waals surface area contributed by atoms with E-state index in [1.807, 2.05) is 11.3 Å². The number of nitrogens with zero attached hydrogens (tertiary/aromatic N) is 4. The van der Waals surface area contributed by atoms with Crippen LogP contribution in [0.3, 0.4) is 0 Å². The zero-order chi connectivity index (χ0) is 13.9. The van der Waals surface area contributed by atoms with Gasteiger partial charge in [0.2, 0.25) is 0 Å². The van der Waals surface area contributed by atoms with E-state index in [2.05, 4.69) is 45.6 Å². The molecular weight excluding hydrogens is 272 g/mol. The van der Waals surface area contributed by atoms with Crippen LogP contribution in [0.25, 0.3) is 0 Å². The molecule has 0 aromatic carbocycles. The molecule has 0 bridgehead atoms. The second-order valence-corrected chi connectivity index (χ2v) is 6.45. The summed E-state index contributed by atoms with van der Waals surface area (Å²) in [6.45, 7) is 8.75. The summed E-state index contributed by atoms with van der Waals surface area (Å²) in [4.78, 5) is 5.23. The number of ether oxygens (including phenoxy) is 1.